The van der Waals surface area contributed by atoms with Crippen LogP contribution in [0.5, 0.6) is 11.5 Å². The molecule has 4 rings (SSSR count). The lowest BCUT2D eigenvalue weighted by Crippen LogP contribution is -2.27. The van der Waals surface area contributed by atoms with Gasteiger partial charge < -0.3 is 19.8 Å². The molecule has 176 valence electrons. The molecule has 0 saturated carbocycles. The van der Waals surface area contributed by atoms with Gasteiger partial charge in [0.05, 0.1) is 14.2 Å². The third-order valence-electron chi connectivity index (χ3n) is 6.33. The highest BCUT2D eigenvalue weighted by Crippen LogP contribution is 2.37. The molecule has 5 nitrogen and oxygen atoms in total. The SMILES string of the molecule is CCc1cccc2c(C(CC(=O)NCCc3ccccc3)c3cc(OC)cc(OC)c3)c[nH]c12. The van der Waals surface area contributed by atoms with Gasteiger partial charge in [-0.25, -0.2) is 0 Å². The number of aromatic nitrogens is 1. The van der Waals surface area contributed by atoms with E-state index in [1.165, 1.54) is 11.1 Å². The van der Waals surface area contributed by atoms with Gasteiger partial charge in [-0.2, -0.15) is 0 Å². The van der Waals surface area contributed by atoms with E-state index in [4.69, 9.17) is 9.47 Å². The summed E-state index contributed by atoms with van der Waals surface area (Å²) in [4.78, 5) is 16.6. The average Bonchev–Trinajstić information content (AvgIpc) is 3.31. The Labute approximate surface area is 201 Å². The van der Waals surface area contributed by atoms with E-state index >= 15 is 0 Å². The number of H-pyrrole nitrogens is 1. The van der Waals surface area contributed by atoms with Crippen LogP contribution in [0.15, 0.2) is 72.9 Å². The van der Waals surface area contributed by atoms with Crippen LogP contribution in [0, 0.1) is 0 Å². The van der Waals surface area contributed by atoms with Crippen molar-refractivity contribution in [1.82, 2.24) is 10.3 Å². The summed E-state index contributed by atoms with van der Waals surface area (Å²) in [6, 6.07) is 22.4. The van der Waals surface area contributed by atoms with Crippen LogP contribution < -0.4 is 14.8 Å². The second-order valence-electron chi connectivity index (χ2n) is 8.43. The monoisotopic (exact) mass is 456 g/mol. The number of amides is 1. The predicted molar refractivity (Wildman–Crippen MR) is 137 cm³/mol. The minimum Gasteiger partial charge on any atom is -0.497 e. The van der Waals surface area contributed by atoms with Crippen molar-refractivity contribution < 1.29 is 14.3 Å². The summed E-state index contributed by atoms with van der Waals surface area (Å²) in [7, 11) is 3.28. The first-order valence-corrected chi connectivity index (χ1v) is 11.7. The van der Waals surface area contributed by atoms with Crippen molar-refractivity contribution in [2.24, 2.45) is 0 Å². The van der Waals surface area contributed by atoms with Crippen molar-refractivity contribution in [3.63, 3.8) is 0 Å². The van der Waals surface area contributed by atoms with E-state index in [-0.39, 0.29) is 11.8 Å². The number of fused-ring (bicyclic) bond motifs is 1. The average molecular weight is 457 g/mol. The van der Waals surface area contributed by atoms with Gasteiger partial charge in [0, 0.05) is 42.0 Å². The maximum atomic E-state index is 13.1. The molecule has 0 bridgehead atoms. The van der Waals surface area contributed by atoms with Gasteiger partial charge in [-0.05, 0) is 47.2 Å². The van der Waals surface area contributed by atoms with Crippen LogP contribution >= 0.6 is 0 Å². The molecule has 1 heterocycles. The minimum absolute atomic E-state index is 0.0173. The zero-order chi connectivity index (χ0) is 23.9. The summed E-state index contributed by atoms with van der Waals surface area (Å²) in [6.07, 6.45) is 4.11. The molecule has 0 aliphatic carbocycles. The lowest BCUT2D eigenvalue weighted by atomic mass is 9.87. The Balaban J connectivity index is 1.64. The van der Waals surface area contributed by atoms with Crippen LogP contribution in [-0.2, 0) is 17.6 Å². The van der Waals surface area contributed by atoms with Crippen molar-refractivity contribution >= 4 is 16.8 Å². The number of aryl methyl sites for hydroxylation is 1. The van der Waals surface area contributed by atoms with E-state index in [0.29, 0.717) is 24.5 Å². The number of hydrogen-bond donors (Lipinski definition) is 2. The van der Waals surface area contributed by atoms with Crippen LogP contribution in [0.4, 0.5) is 0 Å². The Morgan fingerprint density at radius 3 is 2.38 bits per heavy atom. The molecule has 1 amide bonds. The number of methoxy groups -OCH3 is 2. The maximum absolute atomic E-state index is 13.1. The van der Waals surface area contributed by atoms with Gasteiger partial charge in [-0.3, -0.25) is 4.79 Å². The first-order chi connectivity index (χ1) is 16.6. The highest BCUT2D eigenvalue weighted by atomic mass is 16.5. The highest BCUT2D eigenvalue weighted by Gasteiger charge is 2.23. The lowest BCUT2D eigenvalue weighted by Gasteiger charge is -2.19. The number of nitrogens with one attached hydrogen (secondary N) is 2. The van der Waals surface area contributed by atoms with Gasteiger partial charge in [-0.1, -0.05) is 55.5 Å². The second-order valence-corrected chi connectivity index (χ2v) is 8.43. The second kappa shape index (κ2) is 10.9. The van der Waals surface area contributed by atoms with Crippen LogP contribution in [0.2, 0.25) is 0 Å². The van der Waals surface area contributed by atoms with E-state index in [0.717, 1.165) is 34.9 Å². The normalized spacial score (nSPS) is 11.9. The van der Waals surface area contributed by atoms with Crippen molar-refractivity contribution in [1.29, 1.82) is 0 Å². The molecule has 4 aromatic rings. The fraction of sp³-hybridized carbons (Fsp3) is 0.276. The van der Waals surface area contributed by atoms with Crippen LogP contribution in [-0.4, -0.2) is 31.7 Å². The van der Waals surface area contributed by atoms with Crippen molar-refractivity contribution in [3.05, 3.63) is 95.2 Å². The van der Waals surface area contributed by atoms with Crippen LogP contribution in [0.3, 0.4) is 0 Å². The van der Waals surface area contributed by atoms with Crippen molar-refractivity contribution in [2.45, 2.75) is 32.1 Å². The molecule has 0 fully saturated rings. The first kappa shape index (κ1) is 23.4. The fourth-order valence-corrected chi connectivity index (χ4v) is 4.51. The van der Waals surface area contributed by atoms with Gasteiger partial charge in [0.1, 0.15) is 11.5 Å². The Kier molecular flexibility index (Phi) is 7.53. The van der Waals surface area contributed by atoms with Gasteiger partial charge in [0.2, 0.25) is 5.91 Å². The van der Waals surface area contributed by atoms with E-state index < -0.39 is 0 Å². The number of aromatic amines is 1. The molecule has 5 heteroatoms. The van der Waals surface area contributed by atoms with Crippen LogP contribution in [0.25, 0.3) is 10.9 Å². The molecule has 1 atom stereocenters. The molecular weight excluding hydrogens is 424 g/mol. The highest BCUT2D eigenvalue weighted by molar-refractivity contribution is 5.88. The van der Waals surface area contributed by atoms with E-state index in [2.05, 4.69) is 47.6 Å². The minimum atomic E-state index is -0.151. The number of rotatable bonds is 10. The molecule has 0 radical (unpaired) electrons. The van der Waals surface area contributed by atoms with E-state index in [1.54, 1.807) is 14.2 Å². The summed E-state index contributed by atoms with van der Waals surface area (Å²) >= 11 is 0. The smallest absolute Gasteiger partial charge is 0.220 e. The third-order valence-corrected chi connectivity index (χ3v) is 6.33. The molecule has 1 unspecified atom stereocenters. The molecule has 1 aromatic heterocycles. The number of ether oxygens (including phenoxy) is 2. The molecular formula is C29H32N2O3. The number of hydrogen-bond acceptors (Lipinski definition) is 3. The standard InChI is InChI=1S/C29H32N2O3/c1-4-21-11-8-12-25-27(19-31-29(21)25)26(22-15-23(33-2)17-24(16-22)34-3)18-28(32)30-14-13-20-9-6-5-7-10-20/h5-12,15-17,19,26,31H,4,13-14,18H2,1-3H3,(H,30,32). The summed E-state index contributed by atoms with van der Waals surface area (Å²) in [5, 5.41) is 4.25. The topological polar surface area (TPSA) is 63.4 Å². The molecule has 34 heavy (non-hydrogen) atoms. The summed E-state index contributed by atoms with van der Waals surface area (Å²) < 4.78 is 11.0. The molecule has 0 spiro atoms. The first-order valence-electron chi connectivity index (χ1n) is 11.7. The Bertz CT molecular complexity index is 1220. The Hall–Kier alpha value is -3.73. The van der Waals surface area contributed by atoms with E-state index in [1.807, 2.05) is 42.6 Å². The van der Waals surface area contributed by atoms with Crippen molar-refractivity contribution in [3.8, 4) is 11.5 Å². The molecule has 0 saturated heterocycles. The number of carbonyl (C=O) groups is 1. The zero-order valence-electron chi connectivity index (χ0n) is 20.1. The van der Waals surface area contributed by atoms with Gasteiger partial charge in [-0.15, -0.1) is 0 Å². The summed E-state index contributed by atoms with van der Waals surface area (Å²) in [5.74, 6) is 1.28. The fourth-order valence-electron chi connectivity index (χ4n) is 4.51. The molecule has 0 aliphatic heterocycles. The summed E-state index contributed by atoms with van der Waals surface area (Å²) in [6.45, 7) is 2.75. The summed E-state index contributed by atoms with van der Waals surface area (Å²) in [5.41, 5.74) is 5.68. The number of para-hydroxylation sites is 1. The predicted octanol–water partition coefficient (Wildman–Crippen LogP) is 5.63. The molecule has 2 N–H and O–H groups in total. The zero-order valence-corrected chi connectivity index (χ0v) is 20.1. The Morgan fingerprint density at radius 1 is 0.971 bits per heavy atom. The van der Waals surface area contributed by atoms with Gasteiger partial charge in [0.25, 0.3) is 0 Å². The largest absolute Gasteiger partial charge is 0.497 e. The van der Waals surface area contributed by atoms with Crippen molar-refractivity contribution in [2.75, 3.05) is 20.8 Å². The maximum Gasteiger partial charge on any atom is 0.220 e. The molecule has 3 aromatic carbocycles. The molecule has 0 aliphatic rings. The Morgan fingerprint density at radius 2 is 1.71 bits per heavy atom. The van der Waals surface area contributed by atoms with Gasteiger partial charge >= 0.3 is 0 Å². The van der Waals surface area contributed by atoms with Gasteiger partial charge in [0.15, 0.2) is 0 Å². The lowest BCUT2D eigenvalue weighted by molar-refractivity contribution is -0.121. The number of benzene rings is 3. The number of carbonyl (C=O) groups excluding carboxylic acids is 1. The third kappa shape index (κ3) is 5.25. The van der Waals surface area contributed by atoms with Crippen LogP contribution in [0.1, 0.15) is 41.5 Å². The van der Waals surface area contributed by atoms with E-state index in [9.17, 15) is 4.79 Å². The quantitative estimate of drug-likeness (QED) is 0.325.